The van der Waals surface area contributed by atoms with Crippen molar-refractivity contribution in [2.45, 2.75) is 6.54 Å². The van der Waals surface area contributed by atoms with E-state index < -0.39 is 12.0 Å². The van der Waals surface area contributed by atoms with E-state index >= 15 is 0 Å². The Morgan fingerprint density at radius 2 is 2.20 bits per heavy atom. The first-order valence-corrected chi connectivity index (χ1v) is 6.56. The molecule has 0 saturated carbocycles. The molecule has 20 heavy (non-hydrogen) atoms. The smallest absolute Gasteiger partial charge is 0.337 e. The Labute approximate surface area is 127 Å². The van der Waals surface area contributed by atoms with Gasteiger partial charge in [0.05, 0.1) is 17.8 Å². The number of aromatic amines is 1. The van der Waals surface area contributed by atoms with Gasteiger partial charge in [0.1, 0.15) is 12.2 Å². The van der Waals surface area contributed by atoms with E-state index in [0.717, 1.165) is 3.57 Å². The number of carbonyl (C=O) groups is 2. The van der Waals surface area contributed by atoms with Crippen LogP contribution in [0.15, 0.2) is 24.5 Å². The number of amides is 2. The van der Waals surface area contributed by atoms with Crippen LogP contribution in [0.4, 0.5) is 10.5 Å². The summed E-state index contributed by atoms with van der Waals surface area (Å²) in [7, 11) is 0. The van der Waals surface area contributed by atoms with Crippen LogP contribution in [-0.2, 0) is 6.54 Å². The minimum Gasteiger partial charge on any atom is -0.478 e. The number of nitrogens with zero attached hydrogens (tertiary/aromatic N) is 2. The zero-order valence-electron chi connectivity index (χ0n) is 10.1. The zero-order chi connectivity index (χ0) is 14.5. The Morgan fingerprint density at radius 3 is 2.85 bits per heavy atom. The van der Waals surface area contributed by atoms with Gasteiger partial charge in [-0.3, -0.25) is 5.10 Å². The van der Waals surface area contributed by atoms with E-state index in [2.05, 4.69) is 25.8 Å². The summed E-state index contributed by atoms with van der Waals surface area (Å²) in [4.78, 5) is 26.6. The summed E-state index contributed by atoms with van der Waals surface area (Å²) in [5.41, 5.74) is 0.264. The minimum atomic E-state index is -1.10. The molecule has 0 aliphatic rings. The van der Waals surface area contributed by atoms with Crippen LogP contribution < -0.4 is 10.6 Å². The van der Waals surface area contributed by atoms with Crippen LogP contribution in [0, 0.1) is 3.57 Å². The van der Waals surface area contributed by atoms with Crippen LogP contribution in [0.3, 0.4) is 0 Å². The Bertz CT molecular complexity index is 629. The normalized spacial score (nSPS) is 10.1. The van der Waals surface area contributed by atoms with Crippen molar-refractivity contribution in [1.82, 2.24) is 20.5 Å². The fraction of sp³-hybridized carbons (Fsp3) is 0.0909. The molecule has 0 spiro atoms. The number of anilines is 1. The summed E-state index contributed by atoms with van der Waals surface area (Å²) < 4.78 is 0.771. The molecule has 4 N–H and O–H groups in total. The third-order valence-electron chi connectivity index (χ3n) is 2.34. The Kier molecular flexibility index (Phi) is 4.50. The van der Waals surface area contributed by atoms with E-state index in [-0.39, 0.29) is 17.8 Å². The first-order valence-electron chi connectivity index (χ1n) is 5.48. The summed E-state index contributed by atoms with van der Waals surface area (Å²) >= 11 is 2.00. The predicted octanol–water partition coefficient (Wildman–Crippen LogP) is 1.43. The van der Waals surface area contributed by atoms with Gasteiger partial charge >= 0.3 is 12.0 Å². The van der Waals surface area contributed by atoms with Crippen molar-refractivity contribution < 1.29 is 14.7 Å². The Balaban J connectivity index is 2.02. The molecule has 0 unspecified atom stereocenters. The molecule has 1 aromatic carbocycles. The fourth-order valence-electron chi connectivity index (χ4n) is 1.45. The monoisotopic (exact) mass is 387 g/mol. The van der Waals surface area contributed by atoms with Gasteiger partial charge in [-0.25, -0.2) is 14.6 Å². The molecule has 0 atom stereocenters. The molecule has 2 aromatic rings. The molecule has 0 aliphatic carbocycles. The van der Waals surface area contributed by atoms with E-state index in [1.807, 2.05) is 22.6 Å². The average molecular weight is 387 g/mol. The summed E-state index contributed by atoms with van der Waals surface area (Å²) in [6.45, 7) is 0.165. The summed E-state index contributed by atoms with van der Waals surface area (Å²) in [6, 6.07) is 4.21. The number of hydrogen-bond donors (Lipinski definition) is 4. The predicted molar refractivity (Wildman–Crippen MR) is 78.4 cm³/mol. The molecule has 1 heterocycles. The third kappa shape index (κ3) is 3.66. The number of nitrogens with one attached hydrogen (secondary N) is 3. The van der Waals surface area contributed by atoms with Crippen molar-refractivity contribution in [3.05, 3.63) is 39.5 Å². The molecule has 104 valence electrons. The number of aromatic nitrogens is 3. The maximum absolute atomic E-state index is 11.7. The number of carboxylic acid groups (broad SMARTS) is 1. The lowest BCUT2D eigenvalue weighted by molar-refractivity contribution is 0.0698. The van der Waals surface area contributed by atoms with Gasteiger partial charge in [0.2, 0.25) is 0 Å². The number of benzene rings is 1. The van der Waals surface area contributed by atoms with Crippen LogP contribution in [0.5, 0.6) is 0 Å². The van der Waals surface area contributed by atoms with Gasteiger partial charge in [-0.15, -0.1) is 0 Å². The highest BCUT2D eigenvalue weighted by Crippen LogP contribution is 2.18. The first-order chi connectivity index (χ1) is 9.56. The van der Waals surface area contributed by atoms with E-state index in [1.54, 1.807) is 12.1 Å². The molecule has 8 nitrogen and oxygen atoms in total. The number of urea groups is 1. The largest absolute Gasteiger partial charge is 0.478 e. The van der Waals surface area contributed by atoms with E-state index in [9.17, 15) is 9.59 Å². The highest BCUT2D eigenvalue weighted by molar-refractivity contribution is 14.1. The molecule has 1 aromatic heterocycles. The maximum Gasteiger partial charge on any atom is 0.337 e. The standard InChI is InChI=1S/C11H10IN5O3/c12-6-1-2-8(7(3-6)10(18)19)16-11(20)13-4-9-14-5-15-17-9/h1-3,5H,4H2,(H,18,19)(H2,13,16,20)(H,14,15,17). The van der Waals surface area contributed by atoms with Gasteiger partial charge in [0.15, 0.2) is 0 Å². The van der Waals surface area contributed by atoms with Crippen LogP contribution in [-0.4, -0.2) is 32.3 Å². The minimum absolute atomic E-state index is 0.0340. The average Bonchev–Trinajstić information content (AvgIpc) is 2.91. The molecule has 0 fully saturated rings. The molecule has 2 amide bonds. The molecular weight excluding hydrogens is 377 g/mol. The number of halogens is 1. The highest BCUT2D eigenvalue weighted by atomic mass is 127. The second-order valence-corrected chi connectivity index (χ2v) is 4.98. The number of carbonyl (C=O) groups excluding carboxylic acids is 1. The van der Waals surface area contributed by atoms with Crippen molar-refractivity contribution in [2.24, 2.45) is 0 Å². The van der Waals surface area contributed by atoms with E-state index in [0.29, 0.717) is 5.82 Å². The van der Waals surface area contributed by atoms with Crippen molar-refractivity contribution in [3.8, 4) is 0 Å². The lowest BCUT2D eigenvalue weighted by Gasteiger charge is -2.09. The Hall–Kier alpha value is -2.17. The third-order valence-corrected chi connectivity index (χ3v) is 3.01. The van der Waals surface area contributed by atoms with Crippen LogP contribution in [0.25, 0.3) is 0 Å². The van der Waals surface area contributed by atoms with E-state index in [1.165, 1.54) is 12.4 Å². The second kappa shape index (κ2) is 6.32. The van der Waals surface area contributed by atoms with Gasteiger partial charge in [-0.05, 0) is 40.8 Å². The van der Waals surface area contributed by atoms with Crippen LogP contribution in [0.2, 0.25) is 0 Å². The van der Waals surface area contributed by atoms with Gasteiger partial charge in [0.25, 0.3) is 0 Å². The first kappa shape index (κ1) is 14.2. The quantitative estimate of drug-likeness (QED) is 0.592. The van der Waals surface area contributed by atoms with Gasteiger partial charge in [-0.1, -0.05) is 0 Å². The van der Waals surface area contributed by atoms with Crippen molar-refractivity contribution in [3.63, 3.8) is 0 Å². The summed E-state index contributed by atoms with van der Waals surface area (Å²) in [6.07, 6.45) is 1.33. The second-order valence-electron chi connectivity index (χ2n) is 3.73. The molecule has 2 rings (SSSR count). The van der Waals surface area contributed by atoms with Crippen molar-refractivity contribution in [1.29, 1.82) is 0 Å². The maximum atomic E-state index is 11.7. The molecule has 0 saturated heterocycles. The van der Waals surface area contributed by atoms with Crippen LogP contribution in [0.1, 0.15) is 16.2 Å². The number of H-pyrrole nitrogens is 1. The number of hydrogen-bond acceptors (Lipinski definition) is 4. The topological polar surface area (TPSA) is 120 Å². The number of carboxylic acids is 1. The summed E-state index contributed by atoms with van der Waals surface area (Å²) in [5.74, 6) is -0.602. The van der Waals surface area contributed by atoms with Crippen molar-refractivity contribution >= 4 is 40.3 Å². The van der Waals surface area contributed by atoms with Gasteiger partial charge in [-0.2, -0.15) is 5.10 Å². The molecule has 0 bridgehead atoms. The Morgan fingerprint density at radius 1 is 1.40 bits per heavy atom. The fourth-order valence-corrected chi connectivity index (χ4v) is 1.94. The lowest BCUT2D eigenvalue weighted by Crippen LogP contribution is -2.29. The molecule has 0 radical (unpaired) electrons. The molecular formula is C11H10IN5O3. The molecule has 0 aliphatic heterocycles. The van der Waals surface area contributed by atoms with Gasteiger partial charge < -0.3 is 15.7 Å². The number of rotatable bonds is 4. The van der Waals surface area contributed by atoms with Crippen molar-refractivity contribution in [2.75, 3.05) is 5.32 Å². The number of aromatic carboxylic acids is 1. The SMILES string of the molecule is O=C(NCc1ncn[nH]1)Nc1ccc(I)cc1C(=O)O. The van der Waals surface area contributed by atoms with E-state index in [4.69, 9.17) is 5.11 Å². The lowest BCUT2D eigenvalue weighted by atomic mass is 10.2. The zero-order valence-corrected chi connectivity index (χ0v) is 12.2. The van der Waals surface area contributed by atoms with Gasteiger partial charge in [0, 0.05) is 3.57 Å². The summed E-state index contributed by atoms with van der Waals surface area (Å²) in [5, 5.41) is 20.3. The molecule has 9 heteroatoms. The van der Waals surface area contributed by atoms with Crippen LogP contribution >= 0.6 is 22.6 Å². The highest BCUT2D eigenvalue weighted by Gasteiger charge is 2.13.